The lowest BCUT2D eigenvalue weighted by atomic mass is 10.0. The summed E-state index contributed by atoms with van der Waals surface area (Å²) in [6.45, 7) is 8.67. The molecule has 0 aliphatic rings. The summed E-state index contributed by atoms with van der Waals surface area (Å²) in [6.07, 6.45) is -0.525. The van der Waals surface area contributed by atoms with Crippen LogP contribution in [-0.2, 0) is 6.61 Å². The molecule has 2 rings (SSSR count). The summed E-state index contributed by atoms with van der Waals surface area (Å²) in [6, 6.07) is 14.4. The van der Waals surface area contributed by atoms with Crippen LogP contribution in [0.25, 0.3) is 0 Å². The van der Waals surface area contributed by atoms with Gasteiger partial charge < -0.3 is 9.84 Å². The summed E-state index contributed by atoms with van der Waals surface area (Å²) < 4.78 is 5.88. The summed E-state index contributed by atoms with van der Waals surface area (Å²) in [7, 11) is 0. The van der Waals surface area contributed by atoms with Gasteiger partial charge in [0.05, 0.1) is 6.10 Å². The Labute approximate surface area is 127 Å². The van der Waals surface area contributed by atoms with Gasteiger partial charge in [0, 0.05) is 5.56 Å². The van der Waals surface area contributed by atoms with Gasteiger partial charge in [0.15, 0.2) is 0 Å². The summed E-state index contributed by atoms with van der Waals surface area (Å²) in [5, 5.41) is 9.84. The van der Waals surface area contributed by atoms with Gasteiger partial charge in [-0.15, -0.1) is 0 Å². The van der Waals surface area contributed by atoms with E-state index in [0.717, 1.165) is 22.4 Å². The van der Waals surface area contributed by atoms with Crippen LogP contribution in [0.4, 0.5) is 0 Å². The molecule has 0 saturated heterocycles. The van der Waals surface area contributed by atoms with Gasteiger partial charge in [-0.25, -0.2) is 0 Å². The fourth-order valence-electron chi connectivity index (χ4n) is 2.29. The smallest absolute Gasteiger partial charge is 0.125 e. The molecule has 0 heterocycles. The highest BCUT2D eigenvalue weighted by molar-refractivity contribution is 5.38. The van der Waals surface area contributed by atoms with E-state index in [9.17, 15) is 5.11 Å². The Kier molecular flexibility index (Phi) is 5.03. The molecule has 0 spiro atoms. The van der Waals surface area contributed by atoms with E-state index in [1.165, 1.54) is 5.56 Å². The lowest BCUT2D eigenvalue weighted by Gasteiger charge is -2.14. The number of aryl methyl sites for hydroxylation is 1. The van der Waals surface area contributed by atoms with Gasteiger partial charge >= 0.3 is 0 Å². The summed E-state index contributed by atoms with van der Waals surface area (Å²) in [4.78, 5) is 0. The third-order valence-electron chi connectivity index (χ3n) is 3.66. The first-order chi connectivity index (χ1) is 9.97. The molecule has 0 aliphatic carbocycles. The number of hydrogen-bond donors (Lipinski definition) is 1. The van der Waals surface area contributed by atoms with Crippen molar-refractivity contribution in [2.75, 3.05) is 0 Å². The predicted octanol–water partition coefficient (Wildman–Crippen LogP) is 4.75. The van der Waals surface area contributed by atoms with E-state index in [1.54, 1.807) is 6.92 Å². The second-order valence-corrected chi connectivity index (χ2v) is 5.90. The lowest BCUT2D eigenvalue weighted by Crippen LogP contribution is -2.01. The number of hydrogen-bond acceptors (Lipinski definition) is 2. The van der Waals surface area contributed by atoms with E-state index in [1.807, 2.05) is 25.1 Å². The molecule has 1 atom stereocenters. The van der Waals surface area contributed by atoms with Crippen LogP contribution in [0.3, 0.4) is 0 Å². The van der Waals surface area contributed by atoms with Gasteiger partial charge in [-0.05, 0) is 43.0 Å². The van der Waals surface area contributed by atoms with E-state index in [2.05, 4.69) is 38.1 Å². The number of aliphatic hydroxyl groups is 1. The van der Waals surface area contributed by atoms with Gasteiger partial charge in [0.25, 0.3) is 0 Å². The van der Waals surface area contributed by atoms with Crippen molar-refractivity contribution in [3.63, 3.8) is 0 Å². The highest BCUT2D eigenvalue weighted by Gasteiger charge is 2.09. The second-order valence-electron chi connectivity index (χ2n) is 5.90. The molecular formula is C19H24O2. The molecule has 2 aromatic carbocycles. The largest absolute Gasteiger partial charge is 0.489 e. The number of benzene rings is 2. The van der Waals surface area contributed by atoms with Gasteiger partial charge in [-0.1, -0.05) is 49.7 Å². The minimum Gasteiger partial charge on any atom is -0.489 e. The molecule has 0 aromatic heterocycles. The zero-order valence-electron chi connectivity index (χ0n) is 13.3. The van der Waals surface area contributed by atoms with E-state index in [4.69, 9.17) is 4.74 Å². The highest BCUT2D eigenvalue weighted by atomic mass is 16.5. The van der Waals surface area contributed by atoms with E-state index < -0.39 is 6.10 Å². The molecule has 0 fully saturated rings. The lowest BCUT2D eigenvalue weighted by molar-refractivity contribution is 0.190. The molecule has 1 N–H and O–H groups in total. The van der Waals surface area contributed by atoms with Gasteiger partial charge in [0.1, 0.15) is 12.4 Å². The van der Waals surface area contributed by atoms with E-state index in [-0.39, 0.29) is 0 Å². The van der Waals surface area contributed by atoms with Crippen molar-refractivity contribution in [1.82, 2.24) is 0 Å². The molecule has 1 unspecified atom stereocenters. The van der Waals surface area contributed by atoms with Gasteiger partial charge in [-0.2, -0.15) is 0 Å². The molecular weight excluding hydrogens is 260 g/mol. The Morgan fingerprint density at radius 1 is 1.00 bits per heavy atom. The average Bonchev–Trinajstić information content (AvgIpc) is 2.46. The maximum Gasteiger partial charge on any atom is 0.125 e. The third kappa shape index (κ3) is 4.08. The third-order valence-corrected chi connectivity index (χ3v) is 3.66. The van der Waals surface area contributed by atoms with Crippen LogP contribution in [0.1, 0.15) is 55.0 Å². The molecule has 2 heteroatoms. The van der Waals surface area contributed by atoms with Crippen LogP contribution >= 0.6 is 0 Å². The number of ether oxygens (including phenoxy) is 1. The monoisotopic (exact) mass is 284 g/mol. The number of aliphatic hydroxyl groups excluding tert-OH is 1. The fourth-order valence-corrected chi connectivity index (χ4v) is 2.29. The normalized spacial score (nSPS) is 12.5. The van der Waals surface area contributed by atoms with E-state index in [0.29, 0.717) is 12.5 Å². The summed E-state index contributed by atoms with van der Waals surface area (Å²) in [5.74, 6) is 1.29. The molecule has 112 valence electrons. The Bertz CT molecular complexity index is 583. The molecule has 21 heavy (non-hydrogen) atoms. The standard InChI is InChI=1S/C19H24O2/c1-13(2)17-8-6-16(7-9-17)12-21-19-10-5-14(3)11-18(19)15(4)20/h5-11,13,15,20H,12H2,1-4H3. The maximum absolute atomic E-state index is 9.84. The fraction of sp³-hybridized carbons (Fsp3) is 0.368. The Morgan fingerprint density at radius 3 is 2.24 bits per heavy atom. The van der Waals surface area contributed by atoms with E-state index >= 15 is 0 Å². The molecule has 0 amide bonds. The van der Waals surface area contributed by atoms with Crippen LogP contribution in [0, 0.1) is 6.92 Å². The summed E-state index contributed by atoms with van der Waals surface area (Å²) in [5.41, 5.74) is 4.43. The van der Waals surface area contributed by atoms with Crippen LogP contribution in [0.2, 0.25) is 0 Å². The van der Waals surface area contributed by atoms with Crippen LogP contribution in [0.5, 0.6) is 5.75 Å². The van der Waals surface area contributed by atoms with Gasteiger partial charge in [-0.3, -0.25) is 0 Å². The van der Waals surface area contributed by atoms with Crippen molar-refractivity contribution in [3.8, 4) is 5.75 Å². The van der Waals surface area contributed by atoms with Crippen molar-refractivity contribution >= 4 is 0 Å². The number of rotatable bonds is 5. The van der Waals surface area contributed by atoms with Crippen LogP contribution in [0.15, 0.2) is 42.5 Å². The molecule has 0 saturated carbocycles. The maximum atomic E-state index is 9.84. The highest BCUT2D eigenvalue weighted by Crippen LogP contribution is 2.27. The first-order valence-corrected chi connectivity index (χ1v) is 7.47. The second kappa shape index (κ2) is 6.77. The van der Waals surface area contributed by atoms with Crippen LogP contribution in [-0.4, -0.2) is 5.11 Å². The molecule has 0 radical (unpaired) electrons. The van der Waals surface area contributed by atoms with Crippen molar-refractivity contribution in [1.29, 1.82) is 0 Å². The van der Waals surface area contributed by atoms with Gasteiger partial charge in [0.2, 0.25) is 0 Å². The average molecular weight is 284 g/mol. The van der Waals surface area contributed by atoms with Crippen molar-refractivity contribution in [2.45, 2.75) is 46.3 Å². The quantitative estimate of drug-likeness (QED) is 0.858. The van der Waals surface area contributed by atoms with Crippen LogP contribution < -0.4 is 4.74 Å². The summed E-state index contributed by atoms with van der Waals surface area (Å²) >= 11 is 0. The topological polar surface area (TPSA) is 29.5 Å². The zero-order valence-corrected chi connectivity index (χ0v) is 13.3. The first-order valence-electron chi connectivity index (χ1n) is 7.47. The molecule has 0 aliphatic heterocycles. The minimum absolute atomic E-state index is 0.515. The first kappa shape index (κ1) is 15.6. The van der Waals surface area contributed by atoms with Crippen molar-refractivity contribution in [2.24, 2.45) is 0 Å². The van der Waals surface area contributed by atoms with Crippen molar-refractivity contribution < 1.29 is 9.84 Å². The predicted molar refractivity (Wildman–Crippen MR) is 86.7 cm³/mol. The molecule has 0 bridgehead atoms. The SMILES string of the molecule is Cc1ccc(OCc2ccc(C(C)C)cc2)c(C(C)O)c1. The Balaban J connectivity index is 2.09. The Morgan fingerprint density at radius 2 is 1.67 bits per heavy atom. The zero-order chi connectivity index (χ0) is 15.4. The van der Waals surface area contributed by atoms with Crippen molar-refractivity contribution in [3.05, 3.63) is 64.7 Å². The minimum atomic E-state index is -0.525. The Hall–Kier alpha value is -1.80. The molecule has 2 nitrogen and oxygen atoms in total. The molecule has 2 aromatic rings.